The van der Waals surface area contributed by atoms with Crippen LogP contribution in [0.25, 0.3) is 6.08 Å². The third-order valence-corrected chi connectivity index (χ3v) is 4.45. The van der Waals surface area contributed by atoms with E-state index in [2.05, 4.69) is 15.0 Å². The van der Waals surface area contributed by atoms with Crippen LogP contribution < -0.4 is 5.32 Å². The lowest BCUT2D eigenvalue weighted by atomic mass is 10.1. The number of methoxy groups -OCH3 is 1. The van der Waals surface area contributed by atoms with Crippen molar-refractivity contribution in [3.63, 3.8) is 0 Å². The van der Waals surface area contributed by atoms with E-state index in [1.807, 2.05) is 31.2 Å². The fourth-order valence-electron chi connectivity index (χ4n) is 2.20. The Balaban J connectivity index is 1.77. The quantitative estimate of drug-likeness (QED) is 0.676. The highest BCUT2D eigenvalue weighted by atomic mass is 32.2. The lowest BCUT2D eigenvalue weighted by Crippen LogP contribution is -2.19. The van der Waals surface area contributed by atoms with Crippen molar-refractivity contribution < 1.29 is 14.3 Å². The number of hydrogen-bond acceptors (Lipinski definition) is 5. The molecule has 1 saturated heterocycles. The van der Waals surface area contributed by atoms with E-state index in [0.717, 1.165) is 16.8 Å². The molecule has 5 nitrogen and oxygen atoms in total. The minimum Gasteiger partial charge on any atom is -0.465 e. The topological polar surface area (TPSA) is 67.8 Å². The minimum atomic E-state index is -0.389. The summed E-state index contributed by atoms with van der Waals surface area (Å²) in [6.45, 7) is 2.01. The highest BCUT2D eigenvalue weighted by molar-refractivity contribution is 8.18. The first-order valence-corrected chi connectivity index (χ1v) is 8.41. The molecule has 2 aromatic carbocycles. The van der Waals surface area contributed by atoms with Gasteiger partial charge in [-0.15, -0.1) is 0 Å². The van der Waals surface area contributed by atoms with Gasteiger partial charge in [0.15, 0.2) is 5.17 Å². The van der Waals surface area contributed by atoms with Gasteiger partial charge >= 0.3 is 5.97 Å². The number of hydrogen-bond donors (Lipinski definition) is 1. The van der Waals surface area contributed by atoms with E-state index < -0.39 is 0 Å². The molecule has 1 amide bonds. The summed E-state index contributed by atoms with van der Waals surface area (Å²) in [4.78, 5) is 28.5. The molecule has 3 rings (SSSR count). The van der Waals surface area contributed by atoms with Crippen LogP contribution in [0.5, 0.6) is 0 Å². The summed E-state index contributed by atoms with van der Waals surface area (Å²) in [5.74, 6) is -0.576. The number of carbonyl (C=O) groups is 2. The van der Waals surface area contributed by atoms with E-state index in [4.69, 9.17) is 0 Å². The fraction of sp³-hybridized carbons (Fsp3) is 0.105. The number of amidine groups is 1. The van der Waals surface area contributed by atoms with Crippen molar-refractivity contribution in [1.82, 2.24) is 5.32 Å². The smallest absolute Gasteiger partial charge is 0.337 e. The van der Waals surface area contributed by atoms with Crippen molar-refractivity contribution >= 4 is 40.6 Å². The molecule has 1 aliphatic rings. The van der Waals surface area contributed by atoms with E-state index in [9.17, 15) is 9.59 Å². The number of aliphatic imine (C=N–C) groups is 1. The van der Waals surface area contributed by atoms with E-state index >= 15 is 0 Å². The number of aryl methyl sites for hydroxylation is 1. The van der Waals surface area contributed by atoms with Crippen LogP contribution in [0, 0.1) is 6.92 Å². The number of esters is 1. The largest absolute Gasteiger partial charge is 0.465 e. The van der Waals surface area contributed by atoms with Crippen LogP contribution in [-0.2, 0) is 9.53 Å². The summed E-state index contributed by atoms with van der Waals surface area (Å²) in [6.07, 6.45) is 1.76. The third kappa shape index (κ3) is 4.16. The van der Waals surface area contributed by atoms with Crippen LogP contribution in [0.15, 0.2) is 58.4 Å². The number of benzene rings is 2. The summed E-state index contributed by atoms with van der Waals surface area (Å²) >= 11 is 1.29. The van der Waals surface area contributed by atoms with Crippen LogP contribution in [0.3, 0.4) is 0 Å². The molecule has 0 saturated carbocycles. The van der Waals surface area contributed by atoms with Crippen molar-refractivity contribution in [3.05, 3.63) is 70.1 Å². The molecule has 1 N–H and O–H groups in total. The Morgan fingerprint density at radius 2 is 1.80 bits per heavy atom. The Hall–Kier alpha value is -2.86. The van der Waals surface area contributed by atoms with Gasteiger partial charge in [-0.25, -0.2) is 9.79 Å². The average molecular weight is 352 g/mol. The molecule has 2 aromatic rings. The minimum absolute atomic E-state index is 0.187. The number of ether oxygens (including phenoxy) is 1. The number of thioether (sulfide) groups is 1. The molecule has 1 aliphatic heterocycles. The Bertz CT molecular complexity index is 869. The number of nitrogens with zero attached hydrogens (tertiary/aromatic N) is 1. The number of carbonyl (C=O) groups excluding carboxylic acids is 2. The molecule has 0 aliphatic carbocycles. The maximum Gasteiger partial charge on any atom is 0.337 e. The lowest BCUT2D eigenvalue weighted by Gasteiger charge is -1.99. The number of nitrogens with one attached hydrogen (secondary N) is 1. The van der Waals surface area contributed by atoms with Crippen molar-refractivity contribution in [2.24, 2.45) is 4.99 Å². The van der Waals surface area contributed by atoms with E-state index in [0.29, 0.717) is 15.6 Å². The molecule has 0 radical (unpaired) electrons. The third-order valence-electron chi connectivity index (χ3n) is 3.55. The normalized spacial score (nSPS) is 17.0. The molecule has 0 atom stereocenters. The molecule has 126 valence electrons. The molecule has 6 heteroatoms. The summed E-state index contributed by atoms with van der Waals surface area (Å²) in [5.41, 5.74) is 3.23. The molecule has 1 fully saturated rings. The highest BCUT2D eigenvalue weighted by Crippen LogP contribution is 2.28. The first-order chi connectivity index (χ1) is 12.0. The summed E-state index contributed by atoms with van der Waals surface area (Å²) in [6, 6.07) is 14.6. The van der Waals surface area contributed by atoms with Gasteiger partial charge in [0.1, 0.15) is 0 Å². The average Bonchev–Trinajstić information content (AvgIpc) is 2.96. The number of amides is 1. The van der Waals surface area contributed by atoms with Gasteiger partial charge in [0.05, 0.1) is 23.3 Å². The van der Waals surface area contributed by atoms with Crippen LogP contribution >= 0.6 is 11.8 Å². The van der Waals surface area contributed by atoms with Gasteiger partial charge in [0.2, 0.25) is 0 Å². The molecule has 1 heterocycles. The molecular weight excluding hydrogens is 336 g/mol. The van der Waals surface area contributed by atoms with Crippen molar-refractivity contribution in [1.29, 1.82) is 0 Å². The maximum atomic E-state index is 12.1. The number of rotatable bonds is 3. The molecule has 25 heavy (non-hydrogen) atoms. The zero-order chi connectivity index (χ0) is 17.8. The molecule has 0 aromatic heterocycles. The molecule has 0 spiro atoms. The molecular formula is C19H16N2O3S. The van der Waals surface area contributed by atoms with Gasteiger partial charge in [-0.05, 0) is 54.6 Å². The second-order valence-corrected chi connectivity index (χ2v) is 6.46. The molecule has 0 bridgehead atoms. The second kappa shape index (κ2) is 7.36. The zero-order valence-corrected chi connectivity index (χ0v) is 14.6. The Labute approximate surface area is 149 Å². The lowest BCUT2D eigenvalue weighted by molar-refractivity contribution is -0.115. The standard InChI is InChI=1S/C19H16N2O3S/c1-12-3-9-15(10-4-12)20-19-21-17(22)16(25-19)11-13-5-7-14(8-6-13)18(23)24-2/h3-11H,1-2H3,(H,20,21,22). The fourth-order valence-corrected chi connectivity index (χ4v) is 3.04. The first kappa shape index (κ1) is 17.0. The van der Waals surface area contributed by atoms with Gasteiger partial charge in [0, 0.05) is 0 Å². The van der Waals surface area contributed by atoms with Crippen LogP contribution in [-0.4, -0.2) is 24.2 Å². The van der Waals surface area contributed by atoms with Gasteiger partial charge in [-0.1, -0.05) is 29.8 Å². The predicted molar refractivity (Wildman–Crippen MR) is 99.8 cm³/mol. The van der Waals surface area contributed by atoms with Gasteiger partial charge in [0.25, 0.3) is 5.91 Å². The SMILES string of the molecule is COC(=O)c1ccc(C=C2SC(=Nc3ccc(C)cc3)NC2=O)cc1. The van der Waals surface area contributed by atoms with Gasteiger partial charge in [-0.3, -0.25) is 4.79 Å². The van der Waals surface area contributed by atoms with Crippen molar-refractivity contribution in [3.8, 4) is 0 Å². The predicted octanol–water partition coefficient (Wildman–Crippen LogP) is 3.67. The van der Waals surface area contributed by atoms with E-state index in [1.54, 1.807) is 30.3 Å². The van der Waals surface area contributed by atoms with E-state index in [1.165, 1.54) is 18.9 Å². The zero-order valence-electron chi connectivity index (χ0n) is 13.8. The van der Waals surface area contributed by atoms with Crippen LogP contribution in [0.2, 0.25) is 0 Å². The highest BCUT2D eigenvalue weighted by Gasteiger charge is 2.23. The Morgan fingerprint density at radius 1 is 1.12 bits per heavy atom. The first-order valence-electron chi connectivity index (χ1n) is 7.60. The second-order valence-electron chi connectivity index (χ2n) is 5.43. The summed E-state index contributed by atoms with van der Waals surface area (Å²) in [7, 11) is 1.34. The maximum absolute atomic E-state index is 12.1. The summed E-state index contributed by atoms with van der Waals surface area (Å²) in [5, 5.41) is 3.31. The van der Waals surface area contributed by atoms with Crippen LogP contribution in [0.4, 0.5) is 5.69 Å². The Kier molecular flexibility index (Phi) is 5.00. The van der Waals surface area contributed by atoms with Crippen LogP contribution in [0.1, 0.15) is 21.5 Å². The van der Waals surface area contributed by atoms with Gasteiger partial charge in [-0.2, -0.15) is 0 Å². The van der Waals surface area contributed by atoms with E-state index in [-0.39, 0.29) is 11.9 Å². The van der Waals surface area contributed by atoms with Gasteiger partial charge < -0.3 is 10.1 Å². The monoisotopic (exact) mass is 352 g/mol. The Morgan fingerprint density at radius 3 is 2.44 bits per heavy atom. The summed E-state index contributed by atoms with van der Waals surface area (Å²) < 4.78 is 4.67. The van der Waals surface area contributed by atoms with Crippen molar-refractivity contribution in [2.75, 3.05) is 7.11 Å². The van der Waals surface area contributed by atoms with Crippen molar-refractivity contribution in [2.45, 2.75) is 6.92 Å². The molecule has 0 unspecified atom stereocenters.